The van der Waals surface area contributed by atoms with E-state index in [1.54, 1.807) is 17.5 Å². The Bertz CT molecular complexity index is 1230. The van der Waals surface area contributed by atoms with Gasteiger partial charge in [-0.25, -0.2) is 17.8 Å². The first-order valence-electron chi connectivity index (χ1n) is 10.1. The molecule has 2 amide bonds. The summed E-state index contributed by atoms with van der Waals surface area (Å²) >= 11 is 1.20. The van der Waals surface area contributed by atoms with Crippen LogP contribution in [-0.2, 0) is 19.6 Å². The van der Waals surface area contributed by atoms with Crippen molar-refractivity contribution in [2.24, 2.45) is 0 Å². The molecule has 0 atom stereocenters. The molecule has 3 aromatic rings. The molecule has 1 heterocycles. The molecule has 2 N–H and O–H groups in total. The lowest BCUT2D eigenvalue weighted by molar-refractivity contribution is -0.117. The third-order valence-corrected chi connectivity index (χ3v) is 7.16. The van der Waals surface area contributed by atoms with Crippen molar-refractivity contribution in [1.29, 1.82) is 0 Å². The molecular formula is C22H23FN4O4S2. The van der Waals surface area contributed by atoms with E-state index in [9.17, 15) is 22.4 Å². The normalized spacial score (nSPS) is 11.4. The summed E-state index contributed by atoms with van der Waals surface area (Å²) in [5.74, 6) is -1.15. The van der Waals surface area contributed by atoms with Crippen LogP contribution in [0, 0.1) is 5.82 Å². The van der Waals surface area contributed by atoms with Crippen LogP contribution in [0.5, 0.6) is 0 Å². The fraction of sp³-hybridized carbons (Fsp3) is 0.227. The minimum absolute atomic E-state index is 0.0460. The van der Waals surface area contributed by atoms with Crippen LogP contribution in [0.25, 0.3) is 11.3 Å². The standard InChI is InChI=1S/C22H23FN4O4S2/c1-3-4-20(28)24-17-9-5-15(6-10-17)19-14-32-22(25-19)26-21(29)13-27(2)33(30,31)18-11-7-16(23)8-12-18/h5-12,14H,3-4,13H2,1-2H3,(H,24,28)(H,25,26,29). The molecule has 0 aliphatic rings. The summed E-state index contributed by atoms with van der Waals surface area (Å²) in [5, 5.41) is 7.49. The molecule has 8 nitrogen and oxygen atoms in total. The van der Waals surface area contributed by atoms with Crippen LogP contribution < -0.4 is 10.6 Å². The van der Waals surface area contributed by atoms with Gasteiger partial charge in [-0.1, -0.05) is 19.1 Å². The molecule has 1 aromatic heterocycles. The Morgan fingerprint density at radius 1 is 1.03 bits per heavy atom. The predicted octanol–water partition coefficient (Wildman–Crippen LogP) is 3.95. The van der Waals surface area contributed by atoms with Crippen LogP contribution in [0.4, 0.5) is 15.2 Å². The summed E-state index contributed by atoms with van der Waals surface area (Å²) in [5.41, 5.74) is 2.12. The Morgan fingerprint density at radius 3 is 2.33 bits per heavy atom. The molecule has 0 unspecified atom stereocenters. The topological polar surface area (TPSA) is 108 Å². The molecule has 0 aliphatic carbocycles. The van der Waals surface area contributed by atoms with Gasteiger partial charge < -0.3 is 10.6 Å². The summed E-state index contributed by atoms with van der Waals surface area (Å²) in [6.45, 7) is 1.50. The fourth-order valence-electron chi connectivity index (χ4n) is 2.87. The molecule has 33 heavy (non-hydrogen) atoms. The maximum atomic E-state index is 13.1. The van der Waals surface area contributed by atoms with Gasteiger partial charge >= 0.3 is 0 Å². The molecule has 11 heteroatoms. The van der Waals surface area contributed by atoms with E-state index < -0.39 is 28.3 Å². The van der Waals surface area contributed by atoms with E-state index in [-0.39, 0.29) is 10.8 Å². The number of carbonyl (C=O) groups is 2. The van der Waals surface area contributed by atoms with Gasteiger partial charge in [-0.2, -0.15) is 4.31 Å². The van der Waals surface area contributed by atoms with Gasteiger partial charge in [-0.3, -0.25) is 9.59 Å². The largest absolute Gasteiger partial charge is 0.326 e. The van der Waals surface area contributed by atoms with E-state index in [1.807, 2.05) is 19.1 Å². The van der Waals surface area contributed by atoms with Gasteiger partial charge in [0.25, 0.3) is 0 Å². The summed E-state index contributed by atoms with van der Waals surface area (Å²) in [6, 6.07) is 11.6. The number of thiazole rings is 1. The molecule has 0 radical (unpaired) electrons. The van der Waals surface area contributed by atoms with Crippen molar-refractivity contribution in [2.75, 3.05) is 24.2 Å². The van der Waals surface area contributed by atoms with E-state index in [1.165, 1.54) is 18.4 Å². The second kappa shape index (κ2) is 10.6. The van der Waals surface area contributed by atoms with E-state index in [0.717, 1.165) is 40.6 Å². The highest BCUT2D eigenvalue weighted by Crippen LogP contribution is 2.26. The molecular weight excluding hydrogens is 467 g/mol. The smallest absolute Gasteiger partial charge is 0.243 e. The number of aromatic nitrogens is 1. The molecule has 0 saturated carbocycles. The number of hydrogen-bond acceptors (Lipinski definition) is 6. The van der Waals surface area contributed by atoms with Gasteiger partial charge in [-0.15, -0.1) is 11.3 Å². The zero-order chi connectivity index (χ0) is 24.0. The van der Waals surface area contributed by atoms with E-state index in [0.29, 0.717) is 22.9 Å². The Hall–Kier alpha value is -3.15. The van der Waals surface area contributed by atoms with Gasteiger partial charge in [0.1, 0.15) is 5.82 Å². The average Bonchev–Trinajstić information content (AvgIpc) is 3.23. The first-order valence-corrected chi connectivity index (χ1v) is 12.4. The Labute approximate surface area is 195 Å². The van der Waals surface area contributed by atoms with Gasteiger partial charge in [-0.05, 0) is 42.8 Å². The number of nitrogens with zero attached hydrogens (tertiary/aromatic N) is 2. The second-order valence-electron chi connectivity index (χ2n) is 7.18. The zero-order valence-electron chi connectivity index (χ0n) is 18.0. The van der Waals surface area contributed by atoms with Gasteiger partial charge in [0.05, 0.1) is 17.1 Å². The monoisotopic (exact) mass is 490 g/mol. The second-order valence-corrected chi connectivity index (χ2v) is 10.1. The molecule has 0 saturated heterocycles. The number of nitrogens with one attached hydrogen (secondary N) is 2. The lowest BCUT2D eigenvalue weighted by Gasteiger charge is -2.16. The predicted molar refractivity (Wildman–Crippen MR) is 126 cm³/mol. The number of likely N-dealkylation sites (N-methyl/N-ethyl adjacent to an activating group) is 1. The van der Waals surface area contributed by atoms with Crippen LogP contribution in [0.3, 0.4) is 0 Å². The molecule has 3 rings (SSSR count). The summed E-state index contributed by atoms with van der Waals surface area (Å²) in [7, 11) is -2.67. The summed E-state index contributed by atoms with van der Waals surface area (Å²) in [4.78, 5) is 28.3. The van der Waals surface area contributed by atoms with Crippen LogP contribution in [-0.4, -0.2) is 43.1 Å². The molecule has 0 fully saturated rings. The lowest BCUT2D eigenvalue weighted by atomic mass is 10.1. The number of hydrogen-bond donors (Lipinski definition) is 2. The van der Waals surface area contributed by atoms with Crippen molar-refractivity contribution >= 4 is 44.0 Å². The highest BCUT2D eigenvalue weighted by atomic mass is 32.2. The maximum Gasteiger partial charge on any atom is 0.243 e. The highest BCUT2D eigenvalue weighted by molar-refractivity contribution is 7.89. The molecule has 174 valence electrons. The fourth-order valence-corrected chi connectivity index (χ4v) is 4.73. The van der Waals surface area contributed by atoms with Crippen molar-refractivity contribution in [3.8, 4) is 11.3 Å². The van der Waals surface area contributed by atoms with E-state index in [2.05, 4.69) is 15.6 Å². The van der Waals surface area contributed by atoms with Crippen molar-refractivity contribution < 1.29 is 22.4 Å². The van der Waals surface area contributed by atoms with Crippen molar-refractivity contribution in [2.45, 2.75) is 24.7 Å². The number of sulfonamides is 1. The Balaban J connectivity index is 1.60. The van der Waals surface area contributed by atoms with Crippen molar-refractivity contribution in [3.05, 3.63) is 59.7 Å². The summed E-state index contributed by atoms with van der Waals surface area (Å²) in [6.07, 6.45) is 1.22. The third-order valence-electron chi connectivity index (χ3n) is 4.58. The van der Waals surface area contributed by atoms with Crippen LogP contribution in [0.2, 0.25) is 0 Å². The zero-order valence-corrected chi connectivity index (χ0v) is 19.7. The van der Waals surface area contributed by atoms with Crippen LogP contribution in [0.15, 0.2) is 58.8 Å². The number of amides is 2. The first-order chi connectivity index (χ1) is 15.7. The summed E-state index contributed by atoms with van der Waals surface area (Å²) < 4.78 is 39.0. The van der Waals surface area contributed by atoms with Gasteiger partial charge in [0.2, 0.25) is 21.8 Å². The molecule has 0 aliphatic heterocycles. The Morgan fingerprint density at radius 2 is 1.70 bits per heavy atom. The Kier molecular flexibility index (Phi) is 7.90. The first kappa shape index (κ1) is 24.5. The number of anilines is 2. The SMILES string of the molecule is CCCC(=O)Nc1ccc(-c2csc(NC(=O)CN(C)S(=O)(=O)c3ccc(F)cc3)n2)cc1. The maximum absolute atomic E-state index is 13.1. The highest BCUT2D eigenvalue weighted by Gasteiger charge is 2.23. The lowest BCUT2D eigenvalue weighted by Crippen LogP contribution is -2.34. The van der Waals surface area contributed by atoms with Crippen LogP contribution in [0.1, 0.15) is 19.8 Å². The van der Waals surface area contributed by atoms with Crippen LogP contribution >= 0.6 is 11.3 Å². The molecule has 0 spiro atoms. The van der Waals surface area contributed by atoms with Gasteiger partial charge in [0.15, 0.2) is 5.13 Å². The molecule has 0 bridgehead atoms. The van der Waals surface area contributed by atoms with E-state index >= 15 is 0 Å². The van der Waals surface area contributed by atoms with Crippen molar-refractivity contribution in [1.82, 2.24) is 9.29 Å². The minimum Gasteiger partial charge on any atom is -0.326 e. The number of rotatable bonds is 9. The molecule has 2 aromatic carbocycles. The average molecular weight is 491 g/mol. The van der Waals surface area contributed by atoms with Gasteiger partial charge in [0, 0.05) is 30.1 Å². The number of carbonyl (C=O) groups excluding carboxylic acids is 2. The third kappa shape index (κ3) is 6.44. The van der Waals surface area contributed by atoms with E-state index in [4.69, 9.17) is 0 Å². The van der Waals surface area contributed by atoms with Crippen molar-refractivity contribution in [3.63, 3.8) is 0 Å². The number of halogens is 1. The quantitative estimate of drug-likeness (QED) is 0.472. The number of benzene rings is 2. The minimum atomic E-state index is -3.94.